The maximum absolute atomic E-state index is 5.88. The fourth-order valence-electron chi connectivity index (χ4n) is 1.83. The van der Waals surface area contributed by atoms with Gasteiger partial charge in [0, 0.05) is 11.1 Å². The summed E-state index contributed by atoms with van der Waals surface area (Å²) in [7, 11) is 1.99. The Morgan fingerprint density at radius 3 is 2.88 bits per heavy atom. The first-order chi connectivity index (χ1) is 8.35. The highest BCUT2D eigenvalue weighted by Crippen LogP contribution is 2.25. The minimum absolute atomic E-state index is 0.305. The summed E-state index contributed by atoms with van der Waals surface area (Å²) in [6, 6.07) is 10.6. The van der Waals surface area contributed by atoms with Gasteiger partial charge in [-0.1, -0.05) is 25.1 Å². The molecule has 0 bridgehead atoms. The van der Waals surface area contributed by atoms with Crippen molar-refractivity contribution in [3.05, 3.63) is 36.1 Å². The molecule has 1 atom stereocenters. The number of rotatable bonds is 6. The maximum Gasteiger partial charge on any atom is 0.134 e. The van der Waals surface area contributed by atoms with E-state index in [2.05, 4.69) is 24.4 Å². The Hall–Kier alpha value is -0.930. The topological polar surface area (TPSA) is 25.2 Å². The predicted octanol–water partition coefficient (Wildman–Crippen LogP) is 3.84. The minimum Gasteiger partial charge on any atom is -0.459 e. The van der Waals surface area contributed by atoms with E-state index in [1.54, 1.807) is 0 Å². The third-order valence-electron chi connectivity index (χ3n) is 2.77. The lowest BCUT2D eigenvalue weighted by molar-refractivity contribution is 0.479. The lowest BCUT2D eigenvalue weighted by atomic mass is 10.2. The van der Waals surface area contributed by atoms with E-state index < -0.39 is 0 Å². The lowest BCUT2D eigenvalue weighted by Crippen LogP contribution is -2.18. The molecule has 0 saturated heterocycles. The van der Waals surface area contributed by atoms with Crippen LogP contribution in [-0.4, -0.2) is 18.6 Å². The molecule has 3 heteroatoms. The maximum atomic E-state index is 5.88. The minimum atomic E-state index is 0.305. The summed E-state index contributed by atoms with van der Waals surface area (Å²) in [4.78, 5) is 0. The van der Waals surface area contributed by atoms with Crippen molar-refractivity contribution in [2.45, 2.75) is 19.4 Å². The Kier molecular flexibility index (Phi) is 4.51. The Morgan fingerprint density at radius 2 is 2.18 bits per heavy atom. The number of furan rings is 1. The van der Waals surface area contributed by atoms with Crippen LogP contribution in [-0.2, 0) is 0 Å². The van der Waals surface area contributed by atoms with Crippen molar-refractivity contribution in [2.75, 3.05) is 18.6 Å². The Morgan fingerprint density at radius 1 is 1.35 bits per heavy atom. The first kappa shape index (κ1) is 12.5. The highest BCUT2D eigenvalue weighted by Gasteiger charge is 2.14. The zero-order valence-electron chi connectivity index (χ0n) is 10.4. The molecule has 2 nitrogen and oxygen atoms in total. The number of thioether (sulfide) groups is 1. The Labute approximate surface area is 107 Å². The molecule has 1 unspecified atom stereocenters. The highest BCUT2D eigenvalue weighted by atomic mass is 32.2. The number of fused-ring (bicyclic) bond motifs is 1. The largest absolute Gasteiger partial charge is 0.459 e. The lowest BCUT2D eigenvalue weighted by Gasteiger charge is -2.12. The average molecular weight is 249 g/mol. The van der Waals surface area contributed by atoms with Crippen LogP contribution in [0.2, 0.25) is 0 Å². The van der Waals surface area contributed by atoms with Crippen LogP contribution in [0.15, 0.2) is 34.7 Å². The summed E-state index contributed by atoms with van der Waals surface area (Å²) in [6.45, 7) is 2.21. The van der Waals surface area contributed by atoms with Gasteiger partial charge in [-0.3, -0.25) is 0 Å². The molecular weight excluding hydrogens is 230 g/mol. The van der Waals surface area contributed by atoms with Gasteiger partial charge in [0.2, 0.25) is 0 Å². The normalized spacial score (nSPS) is 13.1. The van der Waals surface area contributed by atoms with E-state index >= 15 is 0 Å². The van der Waals surface area contributed by atoms with Gasteiger partial charge in [0.15, 0.2) is 0 Å². The van der Waals surface area contributed by atoms with Crippen LogP contribution in [0, 0.1) is 0 Å². The van der Waals surface area contributed by atoms with Crippen molar-refractivity contribution in [1.82, 2.24) is 5.32 Å². The molecule has 2 aromatic rings. The third kappa shape index (κ3) is 3.05. The van der Waals surface area contributed by atoms with E-state index in [1.807, 2.05) is 37.0 Å². The van der Waals surface area contributed by atoms with Gasteiger partial charge >= 0.3 is 0 Å². The fourth-order valence-corrected chi connectivity index (χ4v) is 2.85. The average Bonchev–Trinajstić information content (AvgIpc) is 2.78. The van der Waals surface area contributed by atoms with Crippen molar-refractivity contribution in [2.24, 2.45) is 0 Å². The fraction of sp³-hybridized carbons (Fsp3) is 0.429. The first-order valence-corrected chi connectivity index (χ1v) is 7.24. The standard InChI is InChI=1S/C14H19NOS/c1-3-8-17-10-12(15-2)14-9-11-6-4-5-7-13(11)16-14/h4-7,9,12,15H,3,8,10H2,1-2H3. The quantitative estimate of drug-likeness (QED) is 0.787. The van der Waals surface area contributed by atoms with Gasteiger partial charge in [-0.2, -0.15) is 11.8 Å². The molecule has 0 spiro atoms. The van der Waals surface area contributed by atoms with Crippen LogP contribution in [0.1, 0.15) is 25.1 Å². The monoisotopic (exact) mass is 249 g/mol. The van der Waals surface area contributed by atoms with Gasteiger partial charge in [0.25, 0.3) is 0 Å². The molecule has 1 heterocycles. The number of benzene rings is 1. The summed E-state index contributed by atoms with van der Waals surface area (Å²) >= 11 is 1.97. The smallest absolute Gasteiger partial charge is 0.134 e. The number of hydrogen-bond donors (Lipinski definition) is 1. The second-order valence-electron chi connectivity index (χ2n) is 4.10. The molecule has 1 aromatic heterocycles. The zero-order chi connectivity index (χ0) is 12.1. The van der Waals surface area contributed by atoms with Gasteiger partial charge < -0.3 is 9.73 Å². The molecule has 0 amide bonds. The van der Waals surface area contributed by atoms with E-state index in [4.69, 9.17) is 4.42 Å². The second kappa shape index (κ2) is 6.12. The van der Waals surface area contributed by atoms with Crippen LogP contribution in [0.3, 0.4) is 0 Å². The van der Waals surface area contributed by atoms with Crippen LogP contribution in [0.25, 0.3) is 11.0 Å². The van der Waals surface area contributed by atoms with E-state index in [9.17, 15) is 0 Å². The van der Waals surface area contributed by atoms with E-state index in [1.165, 1.54) is 17.6 Å². The van der Waals surface area contributed by atoms with Crippen LogP contribution >= 0.6 is 11.8 Å². The van der Waals surface area contributed by atoms with Crippen molar-refractivity contribution >= 4 is 22.7 Å². The molecule has 0 aliphatic carbocycles. The highest BCUT2D eigenvalue weighted by molar-refractivity contribution is 7.99. The predicted molar refractivity (Wildman–Crippen MR) is 75.6 cm³/mol. The molecular formula is C14H19NOS. The third-order valence-corrected chi connectivity index (χ3v) is 4.04. The van der Waals surface area contributed by atoms with Gasteiger partial charge in [-0.15, -0.1) is 0 Å². The van der Waals surface area contributed by atoms with Crippen molar-refractivity contribution < 1.29 is 4.42 Å². The number of hydrogen-bond acceptors (Lipinski definition) is 3. The Bertz CT molecular complexity index is 433. The van der Waals surface area contributed by atoms with Crippen LogP contribution in [0.4, 0.5) is 0 Å². The van der Waals surface area contributed by atoms with Crippen molar-refractivity contribution in [3.63, 3.8) is 0 Å². The van der Waals surface area contributed by atoms with E-state index in [-0.39, 0.29) is 0 Å². The molecule has 0 aliphatic rings. The molecule has 2 rings (SSSR count). The molecule has 0 aliphatic heterocycles. The summed E-state index contributed by atoms with van der Waals surface area (Å²) in [5.41, 5.74) is 0.975. The van der Waals surface area contributed by atoms with E-state index in [0.29, 0.717) is 6.04 Å². The van der Waals surface area contributed by atoms with Crippen LogP contribution < -0.4 is 5.32 Å². The first-order valence-electron chi connectivity index (χ1n) is 6.08. The molecule has 92 valence electrons. The van der Waals surface area contributed by atoms with E-state index in [0.717, 1.165) is 17.1 Å². The van der Waals surface area contributed by atoms with Crippen LogP contribution in [0.5, 0.6) is 0 Å². The molecule has 0 saturated carbocycles. The van der Waals surface area contributed by atoms with Crippen molar-refractivity contribution in [3.8, 4) is 0 Å². The number of nitrogens with one attached hydrogen (secondary N) is 1. The summed E-state index contributed by atoms with van der Waals surface area (Å²) in [5.74, 6) is 3.31. The molecule has 1 N–H and O–H groups in total. The summed E-state index contributed by atoms with van der Waals surface area (Å²) < 4.78 is 5.88. The van der Waals surface area contributed by atoms with Gasteiger partial charge in [-0.25, -0.2) is 0 Å². The zero-order valence-corrected chi connectivity index (χ0v) is 11.2. The number of para-hydroxylation sites is 1. The second-order valence-corrected chi connectivity index (χ2v) is 5.25. The summed E-state index contributed by atoms with van der Waals surface area (Å²) in [5, 5.41) is 4.51. The molecule has 0 fully saturated rings. The van der Waals surface area contributed by atoms with Gasteiger partial charge in [0.1, 0.15) is 11.3 Å². The molecule has 0 radical (unpaired) electrons. The van der Waals surface area contributed by atoms with Crippen molar-refractivity contribution in [1.29, 1.82) is 0 Å². The Balaban J connectivity index is 2.12. The SMILES string of the molecule is CCCSCC(NC)c1cc2ccccc2o1. The molecule has 17 heavy (non-hydrogen) atoms. The summed E-state index contributed by atoms with van der Waals surface area (Å²) in [6.07, 6.45) is 1.22. The van der Waals surface area contributed by atoms with Gasteiger partial charge in [-0.05, 0) is 31.4 Å². The van der Waals surface area contributed by atoms with Gasteiger partial charge in [0.05, 0.1) is 6.04 Å². The molecule has 1 aromatic carbocycles.